The molecule has 6 heteroatoms. The maximum atomic E-state index is 12.1. The number of ether oxygens (including phenoxy) is 2. The highest BCUT2D eigenvalue weighted by atomic mass is 16.6. The molecule has 0 aliphatic carbocycles. The Morgan fingerprint density at radius 1 is 1.47 bits per heavy atom. The van der Waals surface area contributed by atoms with Crippen molar-refractivity contribution in [1.29, 1.82) is 0 Å². The molecule has 1 amide bonds. The first-order chi connectivity index (χ1) is 8.96. The summed E-state index contributed by atoms with van der Waals surface area (Å²) in [6, 6.07) is 1.90. The molecular formula is C13H21N3O3. The fourth-order valence-electron chi connectivity index (χ4n) is 1.94. The molecule has 0 aromatic carbocycles. The van der Waals surface area contributed by atoms with Crippen molar-refractivity contribution in [3.8, 4) is 0 Å². The van der Waals surface area contributed by atoms with Crippen molar-refractivity contribution < 1.29 is 14.3 Å². The average Bonchev–Trinajstić information content (AvgIpc) is 2.71. The van der Waals surface area contributed by atoms with Gasteiger partial charge in [0.2, 0.25) is 0 Å². The number of nitrogens with zero attached hydrogens (tertiary/aromatic N) is 3. The highest BCUT2D eigenvalue weighted by Gasteiger charge is 2.27. The predicted molar refractivity (Wildman–Crippen MR) is 69.9 cm³/mol. The lowest BCUT2D eigenvalue weighted by Gasteiger charge is -2.27. The van der Waals surface area contributed by atoms with Crippen LogP contribution in [0.1, 0.15) is 26.8 Å². The van der Waals surface area contributed by atoms with E-state index in [-0.39, 0.29) is 12.1 Å². The minimum absolute atomic E-state index is 0.0324. The summed E-state index contributed by atoms with van der Waals surface area (Å²) in [5.74, 6) is 0. The van der Waals surface area contributed by atoms with Gasteiger partial charge in [0, 0.05) is 25.5 Å². The van der Waals surface area contributed by atoms with Gasteiger partial charge < -0.3 is 14.4 Å². The number of carbonyl (C=O) groups excluding carboxylic acids is 1. The number of hydrogen-bond donors (Lipinski definition) is 0. The molecule has 19 heavy (non-hydrogen) atoms. The van der Waals surface area contributed by atoms with Crippen molar-refractivity contribution in [3.05, 3.63) is 18.5 Å². The van der Waals surface area contributed by atoms with E-state index in [1.54, 1.807) is 11.1 Å². The van der Waals surface area contributed by atoms with Crippen LogP contribution in [-0.4, -0.2) is 52.7 Å². The third kappa shape index (κ3) is 3.96. The van der Waals surface area contributed by atoms with Crippen molar-refractivity contribution in [3.63, 3.8) is 0 Å². The van der Waals surface area contributed by atoms with E-state index in [0.717, 1.165) is 0 Å². The third-order valence-corrected chi connectivity index (χ3v) is 2.80. The Bertz CT molecular complexity index is 411. The van der Waals surface area contributed by atoms with E-state index in [4.69, 9.17) is 9.47 Å². The fourth-order valence-corrected chi connectivity index (χ4v) is 1.94. The quantitative estimate of drug-likeness (QED) is 0.777. The van der Waals surface area contributed by atoms with Crippen LogP contribution in [0.5, 0.6) is 0 Å². The highest BCUT2D eigenvalue weighted by Crippen LogP contribution is 2.15. The topological polar surface area (TPSA) is 56.6 Å². The summed E-state index contributed by atoms with van der Waals surface area (Å²) in [6.07, 6.45) is 3.31. The van der Waals surface area contributed by atoms with Gasteiger partial charge in [0.15, 0.2) is 0 Å². The Morgan fingerprint density at radius 3 is 2.89 bits per heavy atom. The van der Waals surface area contributed by atoms with E-state index in [0.29, 0.717) is 26.3 Å². The van der Waals surface area contributed by atoms with E-state index < -0.39 is 5.60 Å². The molecule has 2 rings (SSSR count). The highest BCUT2D eigenvalue weighted by molar-refractivity contribution is 5.68. The second-order valence-electron chi connectivity index (χ2n) is 5.64. The lowest BCUT2D eigenvalue weighted by Crippen LogP contribution is -2.40. The van der Waals surface area contributed by atoms with Crippen LogP contribution in [-0.2, 0) is 9.47 Å². The molecule has 0 unspecified atom stereocenters. The van der Waals surface area contributed by atoms with Crippen LogP contribution in [0.2, 0.25) is 0 Å². The Balaban J connectivity index is 2.02. The summed E-state index contributed by atoms with van der Waals surface area (Å²) in [7, 11) is 0. The minimum atomic E-state index is -0.481. The molecule has 0 bridgehead atoms. The van der Waals surface area contributed by atoms with E-state index in [2.05, 4.69) is 5.10 Å². The van der Waals surface area contributed by atoms with Crippen molar-refractivity contribution >= 4 is 6.09 Å². The zero-order valence-electron chi connectivity index (χ0n) is 11.7. The Morgan fingerprint density at radius 2 is 2.26 bits per heavy atom. The molecule has 1 aliphatic rings. The third-order valence-electron chi connectivity index (χ3n) is 2.80. The van der Waals surface area contributed by atoms with Crippen LogP contribution >= 0.6 is 0 Å². The Labute approximate surface area is 113 Å². The van der Waals surface area contributed by atoms with Gasteiger partial charge in [0.05, 0.1) is 19.3 Å². The second-order valence-corrected chi connectivity index (χ2v) is 5.64. The average molecular weight is 267 g/mol. The first-order valence-corrected chi connectivity index (χ1v) is 6.50. The number of aromatic nitrogens is 2. The molecule has 0 saturated carbocycles. The Hall–Kier alpha value is -1.56. The van der Waals surface area contributed by atoms with E-state index in [1.807, 2.05) is 37.7 Å². The monoisotopic (exact) mass is 267 g/mol. The molecule has 2 heterocycles. The van der Waals surface area contributed by atoms with Crippen LogP contribution in [0.3, 0.4) is 0 Å². The van der Waals surface area contributed by atoms with Crippen molar-refractivity contribution in [1.82, 2.24) is 14.7 Å². The van der Waals surface area contributed by atoms with Crippen molar-refractivity contribution in [2.24, 2.45) is 0 Å². The standard InChI is InChI=1S/C13H21N3O3/c1-13(2,3)19-12(17)15-7-8-18-10-11(9-15)16-6-4-5-14-16/h4-6,11H,7-10H2,1-3H3/t11-/m1/s1. The molecule has 1 fully saturated rings. The van der Waals surface area contributed by atoms with Crippen molar-refractivity contribution in [2.45, 2.75) is 32.4 Å². The minimum Gasteiger partial charge on any atom is -0.444 e. The lowest BCUT2D eigenvalue weighted by molar-refractivity contribution is 0.0234. The summed E-state index contributed by atoms with van der Waals surface area (Å²) < 4.78 is 12.8. The van der Waals surface area contributed by atoms with E-state index in [1.165, 1.54) is 0 Å². The summed E-state index contributed by atoms with van der Waals surface area (Å²) in [6.45, 7) is 7.78. The number of amides is 1. The summed E-state index contributed by atoms with van der Waals surface area (Å²) in [5, 5.41) is 4.21. The zero-order valence-corrected chi connectivity index (χ0v) is 11.7. The number of carbonyl (C=O) groups is 1. The van der Waals surface area contributed by atoms with Gasteiger partial charge in [-0.2, -0.15) is 5.10 Å². The van der Waals surface area contributed by atoms with Gasteiger partial charge >= 0.3 is 6.09 Å². The molecule has 1 saturated heterocycles. The second kappa shape index (κ2) is 5.61. The molecule has 0 radical (unpaired) electrons. The normalized spacial score (nSPS) is 21.0. The molecule has 1 aliphatic heterocycles. The van der Waals surface area contributed by atoms with Gasteiger partial charge in [-0.3, -0.25) is 4.68 Å². The molecule has 1 aromatic rings. The van der Waals surface area contributed by atoms with Gasteiger partial charge in [0.25, 0.3) is 0 Å². The SMILES string of the molecule is CC(C)(C)OC(=O)N1CCOC[C@H](n2cccn2)C1. The largest absolute Gasteiger partial charge is 0.444 e. The molecule has 106 valence electrons. The molecule has 1 aromatic heterocycles. The van der Waals surface area contributed by atoms with Crippen LogP contribution in [0.15, 0.2) is 18.5 Å². The van der Waals surface area contributed by atoms with Gasteiger partial charge in [-0.15, -0.1) is 0 Å². The van der Waals surface area contributed by atoms with Crippen molar-refractivity contribution in [2.75, 3.05) is 26.3 Å². The summed E-state index contributed by atoms with van der Waals surface area (Å²) in [4.78, 5) is 13.8. The van der Waals surface area contributed by atoms with Gasteiger partial charge in [-0.25, -0.2) is 4.79 Å². The molecule has 6 nitrogen and oxygen atoms in total. The van der Waals surface area contributed by atoms with Gasteiger partial charge in [0.1, 0.15) is 5.60 Å². The summed E-state index contributed by atoms with van der Waals surface area (Å²) in [5.41, 5.74) is -0.481. The van der Waals surface area contributed by atoms with E-state index in [9.17, 15) is 4.79 Å². The number of hydrogen-bond acceptors (Lipinski definition) is 4. The molecule has 0 spiro atoms. The smallest absolute Gasteiger partial charge is 0.410 e. The number of rotatable bonds is 1. The van der Waals surface area contributed by atoms with Crippen LogP contribution in [0.4, 0.5) is 4.79 Å². The summed E-state index contributed by atoms with van der Waals surface area (Å²) >= 11 is 0. The first kappa shape index (κ1) is 13.9. The predicted octanol–water partition coefficient (Wildman–Crippen LogP) is 1.69. The fraction of sp³-hybridized carbons (Fsp3) is 0.692. The molecular weight excluding hydrogens is 246 g/mol. The Kier molecular flexibility index (Phi) is 4.09. The van der Waals surface area contributed by atoms with Crippen LogP contribution in [0.25, 0.3) is 0 Å². The maximum absolute atomic E-state index is 12.1. The van der Waals surface area contributed by atoms with Crippen LogP contribution in [0, 0.1) is 0 Å². The zero-order chi connectivity index (χ0) is 13.9. The van der Waals surface area contributed by atoms with Crippen LogP contribution < -0.4 is 0 Å². The van der Waals surface area contributed by atoms with Gasteiger partial charge in [-0.1, -0.05) is 0 Å². The van der Waals surface area contributed by atoms with E-state index >= 15 is 0 Å². The molecule has 0 N–H and O–H groups in total. The lowest BCUT2D eigenvalue weighted by atomic mass is 10.2. The van der Waals surface area contributed by atoms with Gasteiger partial charge in [-0.05, 0) is 26.8 Å². The molecule has 1 atom stereocenters. The first-order valence-electron chi connectivity index (χ1n) is 6.50. The maximum Gasteiger partial charge on any atom is 0.410 e.